The summed E-state index contributed by atoms with van der Waals surface area (Å²) in [6, 6.07) is -1.63. The standard InChI is InChI=1S/C17H32N2O4/c1-10(2)7-13(18-15(20)9-12(5)6)16(21)19-14(17(22)23)8-11(3)4/h10-14H,7-9H2,1-6H3,(H,18,20)(H,19,21)(H,22,23). The second kappa shape index (κ2) is 10.2. The van der Waals surface area contributed by atoms with Gasteiger partial charge in [0.15, 0.2) is 0 Å². The summed E-state index contributed by atoms with van der Waals surface area (Å²) >= 11 is 0. The van der Waals surface area contributed by atoms with Crippen LogP contribution in [0, 0.1) is 17.8 Å². The molecule has 2 unspecified atom stereocenters. The van der Waals surface area contributed by atoms with Gasteiger partial charge in [0.2, 0.25) is 11.8 Å². The third kappa shape index (κ3) is 9.92. The Balaban J connectivity index is 4.90. The van der Waals surface area contributed by atoms with Gasteiger partial charge in [-0.3, -0.25) is 9.59 Å². The van der Waals surface area contributed by atoms with Gasteiger partial charge in [0.05, 0.1) is 0 Å². The highest BCUT2D eigenvalue weighted by Crippen LogP contribution is 2.09. The molecule has 0 aromatic heterocycles. The zero-order valence-electron chi connectivity index (χ0n) is 15.2. The summed E-state index contributed by atoms with van der Waals surface area (Å²) in [5.74, 6) is -1.11. The fourth-order valence-electron chi connectivity index (χ4n) is 2.29. The smallest absolute Gasteiger partial charge is 0.326 e. The number of aliphatic carboxylic acids is 1. The van der Waals surface area contributed by atoms with Gasteiger partial charge < -0.3 is 15.7 Å². The predicted octanol–water partition coefficient (Wildman–Crippen LogP) is 2.18. The molecule has 0 bridgehead atoms. The van der Waals surface area contributed by atoms with E-state index >= 15 is 0 Å². The van der Waals surface area contributed by atoms with E-state index in [1.807, 2.05) is 41.5 Å². The van der Waals surface area contributed by atoms with Crippen LogP contribution in [0.2, 0.25) is 0 Å². The maximum absolute atomic E-state index is 12.4. The van der Waals surface area contributed by atoms with Gasteiger partial charge in [0.25, 0.3) is 0 Å². The van der Waals surface area contributed by atoms with Crippen molar-refractivity contribution >= 4 is 17.8 Å². The Kier molecular flexibility index (Phi) is 9.53. The summed E-state index contributed by atoms with van der Waals surface area (Å²) in [7, 11) is 0. The van der Waals surface area contributed by atoms with Gasteiger partial charge in [-0.25, -0.2) is 4.79 Å². The van der Waals surface area contributed by atoms with Gasteiger partial charge in [-0.05, 0) is 30.6 Å². The van der Waals surface area contributed by atoms with E-state index in [2.05, 4.69) is 10.6 Å². The molecule has 0 fully saturated rings. The number of hydrogen-bond donors (Lipinski definition) is 3. The Morgan fingerprint density at radius 2 is 1.26 bits per heavy atom. The number of carboxylic acid groups (broad SMARTS) is 1. The molecule has 0 saturated carbocycles. The van der Waals surface area contributed by atoms with Crippen molar-refractivity contribution in [2.45, 2.75) is 72.9 Å². The van der Waals surface area contributed by atoms with Gasteiger partial charge >= 0.3 is 5.97 Å². The number of hydrogen-bond acceptors (Lipinski definition) is 3. The molecule has 23 heavy (non-hydrogen) atoms. The molecule has 0 aromatic rings. The number of carboxylic acids is 1. The van der Waals surface area contributed by atoms with Crippen LogP contribution in [0.5, 0.6) is 0 Å². The normalized spacial score (nSPS) is 14.0. The van der Waals surface area contributed by atoms with E-state index in [9.17, 15) is 19.5 Å². The fourth-order valence-corrected chi connectivity index (χ4v) is 2.29. The molecule has 0 rings (SSSR count). The first kappa shape index (κ1) is 21.4. The zero-order valence-corrected chi connectivity index (χ0v) is 15.2. The highest BCUT2D eigenvalue weighted by molar-refractivity contribution is 5.90. The van der Waals surface area contributed by atoms with E-state index in [1.165, 1.54) is 0 Å². The number of carbonyl (C=O) groups excluding carboxylic acids is 2. The predicted molar refractivity (Wildman–Crippen MR) is 89.9 cm³/mol. The lowest BCUT2D eigenvalue weighted by Gasteiger charge is -2.23. The number of nitrogens with one attached hydrogen (secondary N) is 2. The minimum atomic E-state index is -1.05. The van der Waals surface area contributed by atoms with E-state index in [0.29, 0.717) is 19.3 Å². The Morgan fingerprint density at radius 3 is 1.65 bits per heavy atom. The van der Waals surface area contributed by atoms with Crippen molar-refractivity contribution in [1.29, 1.82) is 0 Å². The lowest BCUT2D eigenvalue weighted by molar-refractivity contribution is -0.142. The van der Waals surface area contributed by atoms with Crippen LogP contribution in [-0.2, 0) is 14.4 Å². The zero-order chi connectivity index (χ0) is 18.2. The van der Waals surface area contributed by atoms with Crippen LogP contribution in [0.3, 0.4) is 0 Å². The molecule has 0 radical (unpaired) electrons. The van der Waals surface area contributed by atoms with E-state index in [1.54, 1.807) is 0 Å². The lowest BCUT2D eigenvalue weighted by Crippen LogP contribution is -2.52. The summed E-state index contributed by atoms with van der Waals surface area (Å²) in [6.45, 7) is 11.6. The van der Waals surface area contributed by atoms with E-state index in [0.717, 1.165) is 0 Å². The molecule has 0 heterocycles. The molecule has 0 aromatic carbocycles. The molecular formula is C17H32N2O4. The van der Waals surface area contributed by atoms with E-state index in [-0.39, 0.29) is 23.7 Å². The molecule has 2 amide bonds. The van der Waals surface area contributed by atoms with Crippen molar-refractivity contribution < 1.29 is 19.5 Å². The number of carbonyl (C=O) groups is 3. The number of amides is 2. The third-order valence-electron chi connectivity index (χ3n) is 3.27. The molecular weight excluding hydrogens is 296 g/mol. The summed E-state index contributed by atoms with van der Waals surface area (Å²) in [5, 5.41) is 14.5. The van der Waals surface area contributed by atoms with E-state index < -0.39 is 24.0 Å². The molecule has 134 valence electrons. The summed E-state index contributed by atoms with van der Waals surface area (Å²) in [5.41, 5.74) is 0. The summed E-state index contributed by atoms with van der Waals surface area (Å²) in [4.78, 5) is 35.6. The van der Waals surface area contributed by atoms with Crippen LogP contribution in [0.25, 0.3) is 0 Å². The van der Waals surface area contributed by atoms with Crippen molar-refractivity contribution in [3.63, 3.8) is 0 Å². The molecule has 2 atom stereocenters. The Bertz CT molecular complexity index is 405. The van der Waals surface area contributed by atoms with Crippen LogP contribution in [0.15, 0.2) is 0 Å². The van der Waals surface area contributed by atoms with Crippen molar-refractivity contribution in [1.82, 2.24) is 10.6 Å². The maximum Gasteiger partial charge on any atom is 0.326 e. The first-order valence-electron chi connectivity index (χ1n) is 8.35. The summed E-state index contributed by atoms with van der Waals surface area (Å²) in [6.07, 6.45) is 1.18. The molecule has 0 aliphatic rings. The minimum absolute atomic E-state index is 0.149. The quantitative estimate of drug-likeness (QED) is 0.573. The van der Waals surface area contributed by atoms with Crippen LogP contribution in [0.1, 0.15) is 60.8 Å². The first-order chi connectivity index (χ1) is 10.5. The lowest BCUT2D eigenvalue weighted by atomic mass is 10.00. The molecule has 0 saturated heterocycles. The average Bonchev–Trinajstić information content (AvgIpc) is 2.34. The SMILES string of the molecule is CC(C)CC(=O)NC(CC(C)C)C(=O)NC(CC(C)C)C(=O)O. The second-order valence-electron chi connectivity index (χ2n) is 7.38. The largest absolute Gasteiger partial charge is 0.480 e. The van der Waals surface area contributed by atoms with Gasteiger partial charge in [0, 0.05) is 6.42 Å². The van der Waals surface area contributed by atoms with Crippen molar-refractivity contribution in [2.24, 2.45) is 17.8 Å². The van der Waals surface area contributed by atoms with Crippen LogP contribution >= 0.6 is 0 Å². The third-order valence-corrected chi connectivity index (χ3v) is 3.27. The summed E-state index contributed by atoms with van der Waals surface area (Å²) < 4.78 is 0. The molecule has 6 nitrogen and oxygen atoms in total. The highest BCUT2D eigenvalue weighted by atomic mass is 16.4. The molecule has 3 N–H and O–H groups in total. The molecule has 0 aliphatic heterocycles. The molecule has 0 aliphatic carbocycles. The first-order valence-corrected chi connectivity index (χ1v) is 8.35. The van der Waals surface area contributed by atoms with Crippen molar-refractivity contribution in [3.05, 3.63) is 0 Å². The topological polar surface area (TPSA) is 95.5 Å². The van der Waals surface area contributed by atoms with Crippen molar-refractivity contribution in [2.75, 3.05) is 0 Å². The second-order valence-corrected chi connectivity index (χ2v) is 7.38. The Labute approximate surface area is 139 Å². The molecule has 0 spiro atoms. The van der Waals surface area contributed by atoms with Crippen LogP contribution < -0.4 is 10.6 Å². The Morgan fingerprint density at radius 1 is 0.783 bits per heavy atom. The Hall–Kier alpha value is -1.59. The van der Waals surface area contributed by atoms with Crippen LogP contribution in [0.4, 0.5) is 0 Å². The van der Waals surface area contributed by atoms with Crippen LogP contribution in [-0.4, -0.2) is 35.0 Å². The maximum atomic E-state index is 12.4. The molecule has 6 heteroatoms. The van der Waals surface area contributed by atoms with Gasteiger partial charge in [-0.1, -0.05) is 41.5 Å². The average molecular weight is 328 g/mol. The monoisotopic (exact) mass is 328 g/mol. The van der Waals surface area contributed by atoms with E-state index in [4.69, 9.17) is 0 Å². The van der Waals surface area contributed by atoms with Gasteiger partial charge in [-0.15, -0.1) is 0 Å². The fraction of sp³-hybridized carbons (Fsp3) is 0.824. The number of rotatable bonds is 10. The van der Waals surface area contributed by atoms with Gasteiger partial charge in [-0.2, -0.15) is 0 Å². The van der Waals surface area contributed by atoms with Crippen molar-refractivity contribution in [3.8, 4) is 0 Å². The minimum Gasteiger partial charge on any atom is -0.480 e. The van der Waals surface area contributed by atoms with Gasteiger partial charge in [0.1, 0.15) is 12.1 Å². The highest BCUT2D eigenvalue weighted by Gasteiger charge is 2.27.